The average molecular weight is 413 g/mol. The first kappa shape index (κ1) is 21.6. The lowest BCUT2D eigenvalue weighted by Crippen LogP contribution is -2.00. The number of aromatic hydroxyl groups is 1. The number of phenols is 1. The van der Waals surface area contributed by atoms with Crippen LogP contribution in [-0.2, 0) is 0 Å². The molecule has 2 rings (SSSR count). The summed E-state index contributed by atoms with van der Waals surface area (Å²) in [6.07, 6.45) is 3.18. The Morgan fingerprint density at radius 2 is 1.32 bits per heavy atom. The largest absolute Gasteiger partial charge is 0.614 e. The number of methoxy groups -OCH3 is 4. The molecule has 0 aliphatic heterocycles. The first-order valence-corrected chi connectivity index (χ1v) is 9.45. The van der Waals surface area contributed by atoms with Gasteiger partial charge in [-0.3, -0.25) is 4.52 Å². The van der Waals surface area contributed by atoms with Gasteiger partial charge in [0.1, 0.15) is 0 Å². The molecule has 0 aliphatic rings. The molecule has 4 N–H and O–H groups in total. The van der Waals surface area contributed by atoms with E-state index in [0.717, 1.165) is 0 Å². The Morgan fingerprint density at radius 1 is 0.750 bits per heavy atom. The maximum absolute atomic E-state index is 10.2. The summed E-state index contributed by atoms with van der Waals surface area (Å²) in [5, 5.41) is 10.2. The summed E-state index contributed by atoms with van der Waals surface area (Å²) in [4.78, 5) is 27.7. The molecule has 0 aromatic heterocycles. The zero-order valence-corrected chi connectivity index (χ0v) is 16.6. The second kappa shape index (κ2) is 8.99. The molecule has 0 atom stereocenters. The van der Waals surface area contributed by atoms with Gasteiger partial charge in [-0.1, -0.05) is 12.2 Å². The van der Waals surface area contributed by atoms with Gasteiger partial charge in [0, 0.05) is 5.56 Å². The normalized spacial score (nSPS) is 11.4. The number of rotatable bonds is 8. The third kappa shape index (κ3) is 4.96. The third-order valence-corrected chi connectivity index (χ3v) is 4.13. The minimum absolute atomic E-state index is 0.0355. The molecule has 9 nitrogen and oxygen atoms in total. The van der Waals surface area contributed by atoms with Crippen molar-refractivity contribution in [2.45, 2.75) is 0 Å². The molecule has 0 amide bonds. The van der Waals surface area contributed by atoms with E-state index in [1.807, 2.05) is 0 Å². The maximum atomic E-state index is 10.2. The number of hydrogen-bond donors (Lipinski definition) is 4. The van der Waals surface area contributed by atoms with Crippen molar-refractivity contribution < 1.29 is 43.3 Å². The van der Waals surface area contributed by atoms with Crippen LogP contribution in [0.4, 0.5) is 0 Å². The lowest BCUT2D eigenvalue weighted by Gasteiger charge is -2.13. The van der Waals surface area contributed by atoms with Crippen molar-refractivity contribution in [2.75, 3.05) is 28.4 Å². The van der Waals surface area contributed by atoms with Gasteiger partial charge in [0.05, 0.1) is 28.4 Å². The molecule has 0 saturated carbocycles. The minimum atomic E-state index is -4.66. The molecule has 0 fully saturated rings. The van der Waals surface area contributed by atoms with Crippen LogP contribution in [0.15, 0.2) is 24.3 Å². The van der Waals surface area contributed by atoms with E-state index in [2.05, 4.69) is 0 Å². The second-order valence-electron chi connectivity index (χ2n) is 5.43. The van der Waals surface area contributed by atoms with E-state index >= 15 is 0 Å². The smallest absolute Gasteiger partial charge is 0.502 e. The summed E-state index contributed by atoms with van der Waals surface area (Å²) in [7, 11) is 1.14. The highest BCUT2D eigenvalue weighted by atomic mass is 31.2. The van der Waals surface area contributed by atoms with E-state index in [9.17, 15) is 19.8 Å². The van der Waals surface area contributed by atoms with E-state index < -0.39 is 13.9 Å². The SMILES string of the molecule is COc1ccc(/C=C\c2cc(OC)c(OC)c(OC)c2)c(O[P+](O)(O)O)c1O. The quantitative estimate of drug-likeness (QED) is 0.381. The summed E-state index contributed by atoms with van der Waals surface area (Å²) in [6, 6.07) is 6.37. The van der Waals surface area contributed by atoms with Crippen LogP contribution in [0.2, 0.25) is 0 Å². The monoisotopic (exact) mass is 413 g/mol. The number of benzene rings is 2. The molecule has 0 aliphatic carbocycles. The molecule has 0 spiro atoms. The standard InChI is InChI=1S/C18H21O9P/c1-23-13-8-7-12(17(16(13)19)27-28(20,21)22)6-5-11-9-14(24-2)18(26-4)15(10-11)25-3/h5-10,20-22H,1-4H3/p+1/b6-5-. The predicted molar refractivity (Wildman–Crippen MR) is 104 cm³/mol. The summed E-state index contributed by atoms with van der Waals surface area (Å²) >= 11 is 0. The highest BCUT2D eigenvalue weighted by molar-refractivity contribution is 7.53. The Bertz CT molecular complexity index is 834. The van der Waals surface area contributed by atoms with Gasteiger partial charge in [0.15, 0.2) is 17.2 Å². The molecular formula is C18H22O9P+. The lowest BCUT2D eigenvalue weighted by atomic mass is 10.1. The fourth-order valence-electron chi connectivity index (χ4n) is 2.47. The van der Waals surface area contributed by atoms with Gasteiger partial charge < -0.3 is 24.1 Å². The molecule has 2 aromatic rings. The van der Waals surface area contributed by atoms with Gasteiger partial charge in [0.2, 0.25) is 17.2 Å². The zero-order chi connectivity index (χ0) is 20.9. The Morgan fingerprint density at radius 3 is 1.79 bits per heavy atom. The van der Waals surface area contributed by atoms with Crippen molar-refractivity contribution in [2.24, 2.45) is 0 Å². The minimum Gasteiger partial charge on any atom is -0.502 e. The fraction of sp³-hybridized carbons (Fsp3) is 0.222. The molecule has 0 heterocycles. The molecule has 2 aromatic carbocycles. The number of hydrogen-bond acceptors (Lipinski definition) is 9. The van der Waals surface area contributed by atoms with Crippen molar-refractivity contribution >= 4 is 20.3 Å². The van der Waals surface area contributed by atoms with E-state index in [4.69, 9.17) is 23.5 Å². The maximum Gasteiger partial charge on any atom is 0.614 e. The summed E-state index contributed by atoms with van der Waals surface area (Å²) < 4.78 is 25.6. The van der Waals surface area contributed by atoms with Crippen molar-refractivity contribution in [3.05, 3.63) is 35.4 Å². The summed E-state index contributed by atoms with van der Waals surface area (Å²) in [6.45, 7) is 0. The Hall–Kier alpha value is -2.71. The molecule has 10 heteroatoms. The van der Waals surface area contributed by atoms with E-state index in [0.29, 0.717) is 22.8 Å². The number of phenolic OH excluding ortho intramolecular Hbond substituents is 1. The predicted octanol–water partition coefficient (Wildman–Crippen LogP) is 2.63. The van der Waals surface area contributed by atoms with E-state index in [1.54, 1.807) is 18.2 Å². The number of ether oxygens (including phenoxy) is 4. The van der Waals surface area contributed by atoms with Crippen LogP contribution < -0.4 is 23.5 Å². The van der Waals surface area contributed by atoms with Crippen LogP contribution in [-0.4, -0.2) is 48.2 Å². The Kier molecular flexibility index (Phi) is 6.93. The summed E-state index contributed by atoms with van der Waals surface area (Å²) in [5.41, 5.74) is 0.919. The molecule has 0 unspecified atom stereocenters. The Labute approximate surface area is 162 Å². The third-order valence-electron chi connectivity index (χ3n) is 3.70. The molecule has 28 heavy (non-hydrogen) atoms. The molecule has 0 bridgehead atoms. The first-order chi connectivity index (χ1) is 13.2. The van der Waals surface area contributed by atoms with Crippen molar-refractivity contribution in [1.82, 2.24) is 0 Å². The fourth-order valence-corrected chi connectivity index (χ4v) is 2.90. The van der Waals surface area contributed by atoms with Crippen molar-refractivity contribution in [1.29, 1.82) is 0 Å². The molecular weight excluding hydrogens is 391 g/mol. The van der Waals surface area contributed by atoms with Crippen LogP contribution in [0.5, 0.6) is 34.5 Å². The van der Waals surface area contributed by atoms with Crippen LogP contribution in [0, 0.1) is 0 Å². The van der Waals surface area contributed by atoms with Crippen LogP contribution in [0.3, 0.4) is 0 Å². The highest BCUT2D eigenvalue weighted by Gasteiger charge is 2.37. The van der Waals surface area contributed by atoms with E-state index in [1.165, 1.54) is 46.6 Å². The highest BCUT2D eigenvalue weighted by Crippen LogP contribution is 2.52. The molecule has 0 radical (unpaired) electrons. The van der Waals surface area contributed by atoms with Gasteiger partial charge in [-0.25, -0.2) is 0 Å². The first-order valence-electron chi connectivity index (χ1n) is 7.89. The van der Waals surface area contributed by atoms with Gasteiger partial charge in [-0.15, -0.1) is 0 Å². The van der Waals surface area contributed by atoms with Crippen LogP contribution >= 0.6 is 8.17 Å². The van der Waals surface area contributed by atoms with Crippen molar-refractivity contribution in [3.8, 4) is 34.5 Å². The summed E-state index contributed by atoms with van der Waals surface area (Å²) in [5.74, 6) is 0.528. The average Bonchev–Trinajstić information content (AvgIpc) is 2.66. The van der Waals surface area contributed by atoms with E-state index in [-0.39, 0.29) is 17.1 Å². The molecule has 152 valence electrons. The molecule has 0 saturated heterocycles. The lowest BCUT2D eigenvalue weighted by molar-refractivity contribution is 0.232. The zero-order valence-electron chi connectivity index (χ0n) is 15.7. The Balaban J connectivity index is 2.50. The van der Waals surface area contributed by atoms with Gasteiger partial charge >= 0.3 is 8.17 Å². The van der Waals surface area contributed by atoms with Gasteiger partial charge in [-0.2, -0.15) is 14.7 Å². The topological polar surface area (TPSA) is 127 Å². The van der Waals surface area contributed by atoms with Gasteiger partial charge in [-0.05, 0) is 29.8 Å². The second-order valence-corrected chi connectivity index (χ2v) is 6.64. The van der Waals surface area contributed by atoms with Crippen molar-refractivity contribution in [3.63, 3.8) is 0 Å². The van der Waals surface area contributed by atoms with Gasteiger partial charge in [0.25, 0.3) is 0 Å². The van der Waals surface area contributed by atoms with Crippen LogP contribution in [0.25, 0.3) is 12.2 Å². The van der Waals surface area contributed by atoms with Crippen LogP contribution in [0.1, 0.15) is 11.1 Å².